The van der Waals surface area contributed by atoms with Gasteiger partial charge in [-0.2, -0.15) is 0 Å². The Balaban J connectivity index is 0.000000368. The number of fused-ring (bicyclic) bond motifs is 2. The van der Waals surface area contributed by atoms with Gasteiger partial charge >= 0.3 is 7.25 Å². The molecule has 2 aromatic rings. The first-order valence-corrected chi connectivity index (χ1v) is 10.3. The monoisotopic (exact) mass is 376 g/mol. The molecule has 24 heavy (non-hydrogen) atoms. The molecule has 3 rings (SSSR count). The van der Waals surface area contributed by atoms with E-state index in [-0.39, 0.29) is 0 Å². The smallest absolute Gasteiger partial charge is 0.418 e. The molecule has 130 valence electrons. The van der Waals surface area contributed by atoms with Crippen LogP contribution in [0.2, 0.25) is 0 Å². The van der Waals surface area contributed by atoms with Crippen molar-refractivity contribution in [3.63, 3.8) is 0 Å². The first-order valence-electron chi connectivity index (χ1n) is 7.38. The fourth-order valence-electron chi connectivity index (χ4n) is 2.42. The Morgan fingerprint density at radius 3 is 1.67 bits per heavy atom. The van der Waals surface area contributed by atoms with Crippen LogP contribution in [0.15, 0.2) is 58.3 Å². The highest BCUT2D eigenvalue weighted by molar-refractivity contribution is 7.95. The molecule has 0 atom stereocenters. The molecule has 1 nitrogen and oxygen atoms in total. The van der Waals surface area contributed by atoms with E-state index in [1.165, 1.54) is 16.9 Å². The van der Waals surface area contributed by atoms with Crippen molar-refractivity contribution < 1.29 is 21.5 Å². The van der Waals surface area contributed by atoms with Crippen molar-refractivity contribution in [1.29, 1.82) is 0 Å². The van der Waals surface area contributed by atoms with Crippen molar-refractivity contribution in [3.8, 4) is 0 Å². The number of halogens is 4. The minimum Gasteiger partial charge on any atom is -0.418 e. The highest BCUT2D eigenvalue weighted by Crippen LogP contribution is 2.30. The van der Waals surface area contributed by atoms with E-state index in [2.05, 4.69) is 31.2 Å². The van der Waals surface area contributed by atoms with E-state index >= 15 is 0 Å². The lowest BCUT2D eigenvalue weighted by Crippen LogP contribution is -2.17. The Bertz CT molecular complexity index is 664. The SMILES string of the molecule is CC[S+]1Cc2ccccc2S(=O)c2ccccc2C1.F[B-](F)(F)F. The Kier molecular flexibility index (Phi) is 6.51. The third-order valence-electron chi connectivity index (χ3n) is 3.47. The summed E-state index contributed by atoms with van der Waals surface area (Å²) in [6.45, 7) is 2.26. The minimum atomic E-state index is -6.00. The molecule has 0 radical (unpaired) electrons. The van der Waals surface area contributed by atoms with Gasteiger partial charge in [0.15, 0.2) is 0 Å². The second-order valence-corrected chi connectivity index (χ2v) is 8.97. The molecular formula is C16H17BF4OS2. The zero-order valence-electron chi connectivity index (χ0n) is 13.1. The van der Waals surface area contributed by atoms with Gasteiger partial charge in [0.05, 0.1) is 20.6 Å². The molecule has 0 bridgehead atoms. The van der Waals surface area contributed by atoms with Crippen LogP contribution in [0.4, 0.5) is 17.3 Å². The average Bonchev–Trinajstić information content (AvgIpc) is 2.51. The maximum absolute atomic E-state index is 12.8. The van der Waals surface area contributed by atoms with E-state index in [9.17, 15) is 21.5 Å². The van der Waals surface area contributed by atoms with E-state index in [1.807, 2.05) is 24.3 Å². The number of benzene rings is 2. The van der Waals surface area contributed by atoms with E-state index in [0.29, 0.717) is 10.9 Å². The molecule has 8 heteroatoms. The van der Waals surface area contributed by atoms with Crippen LogP contribution in [-0.2, 0) is 33.2 Å². The second-order valence-electron chi connectivity index (χ2n) is 5.17. The summed E-state index contributed by atoms with van der Waals surface area (Å²) in [7, 11) is -6.68. The molecule has 0 saturated carbocycles. The Morgan fingerprint density at radius 2 is 1.29 bits per heavy atom. The first kappa shape index (κ1) is 19.1. The van der Waals surface area contributed by atoms with Crippen molar-refractivity contribution in [3.05, 3.63) is 59.7 Å². The van der Waals surface area contributed by atoms with Gasteiger partial charge in [0.2, 0.25) is 0 Å². The molecular weight excluding hydrogens is 359 g/mol. The molecule has 0 fully saturated rings. The third-order valence-corrected chi connectivity index (χ3v) is 7.32. The van der Waals surface area contributed by atoms with Crippen molar-refractivity contribution in [1.82, 2.24) is 0 Å². The van der Waals surface area contributed by atoms with Crippen LogP contribution in [0.5, 0.6) is 0 Å². The van der Waals surface area contributed by atoms with E-state index in [0.717, 1.165) is 21.3 Å². The normalized spacial score (nSPS) is 19.9. The van der Waals surface area contributed by atoms with Gasteiger partial charge in [-0.25, -0.2) is 4.21 Å². The highest BCUT2D eigenvalue weighted by atomic mass is 32.2. The van der Waals surface area contributed by atoms with Crippen LogP contribution in [0.25, 0.3) is 0 Å². The minimum absolute atomic E-state index is 0.348. The Labute approximate surface area is 144 Å². The molecule has 1 aliphatic heterocycles. The summed E-state index contributed by atoms with van der Waals surface area (Å²) in [4.78, 5) is 2.00. The molecule has 0 aromatic heterocycles. The van der Waals surface area contributed by atoms with Crippen LogP contribution >= 0.6 is 0 Å². The van der Waals surface area contributed by atoms with Crippen LogP contribution in [0.3, 0.4) is 0 Å². The maximum atomic E-state index is 12.8. The average molecular weight is 376 g/mol. The van der Waals surface area contributed by atoms with Crippen molar-refractivity contribution >= 4 is 28.9 Å². The Morgan fingerprint density at radius 1 is 0.917 bits per heavy atom. The predicted molar refractivity (Wildman–Crippen MR) is 93.1 cm³/mol. The van der Waals surface area contributed by atoms with Crippen molar-refractivity contribution in [2.45, 2.75) is 28.2 Å². The molecule has 1 heterocycles. The van der Waals surface area contributed by atoms with Gasteiger partial charge in [-0.15, -0.1) is 0 Å². The van der Waals surface area contributed by atoms with Gasteiger partial charge in [0, 0.05) is 11.1 Å². The molecule has 0 spiro atoms. The van der Waals surface area contributed by atoms with E-state index < -0.39 is 18.1 Å². The third kappa shape index (κ3) is 5.38. The molecule has 0 amide bonds. The lowest BCUT2D eigenvalue weighted by molar-refractivity contribution is 0.368. The van der Waals surface area contributed by atoms with E-state index in [4.69, 9.17) is 0 Å². The van der Waals surface area contributed by atoms with Gasteiger partial charge in [0.25, 0.3) is 0 Å². The summed E-state index contributed by atoms with van der Waals surface area (Å²) in [5, 5.41) is 0. The van der Waals surface area contributed by atoms with Crippen LogP contribution in [-0.4, -0.2) is 17.2 Å². The first-order chi connectivity index (χ1) is 11.3. The number of hydrogen-bond donors (Lipinski definition) is 0. The maximum Gasteiger partial charge on any atom is 0.673 e. The summed E-state index contributed by atoms with van der Waals surface area (Å²) in [6, 6.07) is 16.4. The summed E-state index contributed by atoms with van der Waals surface area (Å²) in [5.41, 5.74) is 2.53. The van der Waals surface area contributed by atoms with Crippen molar-refractivity contribution in [2.24, 2.45) is 0 Å². The predicted octanol–water partition coefficient (Wildman–Crippen LogP) is 4.81. The van der Waals surface area contributed by atoms with Gasteiger partial charge in [-0.3, -0.25) is 0 Å². The summed E-state index contributed by atoms with van der Waals surface area (Å²) < 4.78 is 51.8. The largest absolute Gasteiger partial charge is 0.673 e. The van der Waals surface area contributed by atoms with Crippen LogP contribution in [0.1, 0.15) is 18.1 Å². The zero-order chi connectivity index (χ0) is 17.7. The van der Waals surface area contributed by atoms with Crippen LogP contribution in [0, 0.1) is 0 Å². The lowest BCUT2D eigenvalue weighted by Gasteiger charge is -2.17. The van der Waals surface area contributed by atoms with Gasteiger partial charge in [0.1, 0.15) is 17.3 Å². The molecule has 2 aromatic carbocycles. The van der Waals surface area contributed by atoms with Crippen LogP contribution < -0.4 is 0 Å². The standard InChI is InChI=1S/C16H17OS2.BF4/c1-2-18-11-13-7-3-5-9-15(13)19(17)16-10-6-4-8-14(16)12-18;2-1(3,4)5/h3-10H,2,11-12H2,1H3;/q+1;-1. The fraction of sp³-hybridized carbons (Fsp3) is 0.250. The quantitative estimate of drug-likeness (QED) is 0.397. The Hall–Kier alpha value is -1.28. The molecule has 1 aliphatic rings. The lowest BCUT2D eigenvalue weighted by atomic mass is 10.2. The summed E-state index contributed by atoms with van der Waals surface area (Å²) >= 11 is 0. The van der Waals surface area contributed by atoms with Gasteiger partial charge < -0.3 is 17.3 Å². The summed E-state index contributed by atoms with van der Waals surface area (Å²) in [5.74, 6) is 3.31. The van der Waals surface area contributed by atoms with E-state index in [1.54, 1.807) is 0 Å². The number of hydrogen-bond acceptors (Lipinski definition) is 1. The highest BCUT2D eigenvalue weighted by Gasteiger charge is 2.27. The summed E-state index contributed by atoms with van der Waals surface area (Å²) in [6.07, 6.45) is 0. The number of rotatable bonds is 1. The van der Waals surface area contributed by atoms with Crippen molar-refractivity contribution in [2.75, 3.05) is 5.75 Å². The fourth-order valence-corrected chi connectivity index (χ4v) is 5.90. The molecule has 0 saturated heterocycles. The van der Waals surface area contributed by atoms with Gasteiger partial charge in [-0.1, -0.05) is 36.4 Å². The zero-order valence-corrected chi connectivity index (χ0v) is 14.7. The molecule has 0 N–H and O–H groups in total. The van der Waals surface area contributed by atoms with Gasteiger partial charge in [-0.05, 0) is 30.0 Å². The molecule has 0 aliphatic carbocycles. The second kappa shape index (κ2) is 8.20. The molecule has 0 unspecified atom stereocenters. The topological polar surface area (TPSA) is 17.1 Å².